The number of carbonyl (C=O) groups is 1. The number of halogens is 1. The zero-order valence-corrected chi connectivity index (χ0v) is 16.0. The molecule has 1 N–H and O–H groups in total. The van der Waals surface area contributed by atoms with Crippen LogP contribution in [-0.2, 0) is 17.8 Å². The van der Waals surface area contributed by atoms with Gasteiger partial charge in [0.15, 0.2) is 17.3 Å². The molecule has 0 amide bonds. The fourth-order valence-electron chi connectivity index (χ4n) is 2.84. The highest BCUT2D eigenvalue weighted by Gasteiger charge is 2.07. The molecule has 0 unspecified atom stereocenters. The van der Waals surface area contributed by atoms with Crippen LogP contribution in [0.1, 0.15) is 16.7 Å². The van der Waals surface area contributed by atoms with E-state index in [1.54, 1.807) is 30.3 Å². The molecule has 3 rings (SSSR count). The van der Waals surface area contributed by atoms with E-state index in [-0.39, 0.29) is 30.4 Å². The third kappa shape index (κ3) is 5.69. The molecule has 148 valence electrons. The van der Waals surface area contributed by atoms with Gasteiger partial charge in [-0.15, -0.1) is 0 Å². The molecule has 4 nitrogen and oxygen atoms in total. The van der Waals surface area contributed by atoms with Crippen LogP contribution in [0.25, 0.3) is 6.08 Å². The molecule has 0 fully saturated rings. The van der Waals surface area contributed by atoms with Crippen LogP contribution < -0.4 is 9.47 Å². The minimum Gasteiger partial charge on any atom is -0.504 e. The maximum atomic E-state index is 13.3. The highest BCUT2D eigenvalue weighted by atomic mass is 19.1. The van der Waals surface area contributed by atoms with Crippen molar-refractivity contribution in [3.63, 3.8) is 0 Å². The summed E-state index contributed by atoms with van der Waals surface area (Å²) in [5, 5.41) is 9.82. The molecule has 0 aliphatic rings. The Labute approximate surface area is 168 Å². The Balaban J connectivity index is 1.65. The van der Waals surface area contributed by atoms with Crippen LogP contribution in [-0.4, -0.2) is 18.0 Å². The van der Waals surface area contributed by atoms with Gasteiger partial charge in [-0.3, -0.25) is 4.79 Å². The van der Waals surface area contributed by atoms with Crippen molar-refractivity contribution in [3.8, 4) is 17.2 Å². The van der Waals surface area contributed by atoms with Crippen molar-refractivity contribution in [3.05, 3.63) is 95.3 Å². The number of methoxy groups -OCH3 is 1. The Morgan fingerprint density at radius 3 is 2.55 bits per heavy atom. The molecule has 0 atom stereocenters. The fourth-order valence-corrected chi connectivity index (χ4v) is 2.84. The number of ketones is 1. The third-order valence-corrected chi connectivity index (χ3v) is 4.34. The monoisotopic (exact) mass is 392 g/mol. The van der Waals surface area contributed by atoms with Crippen molar-refractivity contribution in [2.45, 2.75) is 13.0 Å². The van der Waals surface area contributed by atoms with Gasteiger partial charge in [0, 0.05) is 12.5 Å². The first-order valence-corrected chi connectivity index (χ1v) is 9.08. The van der Waals surface area contributed by atoms with E-state index in [1.165, 1.54) is 31.4 Å². The van der Waals surface area contributed by atoms with E-state index >= 15 is 0 Å². The molecule has 0 radical (unpaired) electrons. The molecule has 0 spiro atoms. The van der Waals surface area contributed by atoms with Gasteiger partial charge in [0.1, 0.15) is 18.2 Å². The normalized spacial score (nSPS) is 10.8. The lowest BCUT2D eigenvalue weighted by molar-refractivity contribution is -0.113. The van der Waals surface area contributed by atoms with E-state index in [0.29, 0.717) is 17.1 Å². The highest BCUT2D eigenvalue weighted by Crippen LogP contribution is 2.26. The van der Waals surface area contributed by atoms with Crippen LogP contribution in [0.2, 0.25) is 0 Å². The van der Waals surface area contributed by atoms with Gasteiger partial charge in [-0.1, -0.05) is 42.5 Å². The number of hydrogen-bond acceptors (Lipinski definition) is 4. The number of aromatic hydroxyl groups is 1. The first-order valence-electron chi connectivity index (χ1n) is 9.08. The summed E-state index contributed by atoms with van der Waals surface area (Å²) in [4.78, 5) is 12.4. The predicted molar refractivity (Wildman–Crippen MR) is 110 cm³/mol. The first-order chi connectivity index (χ1) is 14.0. The van der Waals surface area contributed by atoms with E-state index < -0.39 is 0 Å². The quantitative estimate of drug-likeness (QED) is 0.552. The lowest BCUT2D eigenvalue weighted by Gasteiger charge is -2.10. The predicted octanol–water partition coefficient (Wildman–Crippen LogP) is 4.94. The molecule has 0 aromatic heterocycles. The van der Waals surface area contributed by atoms with E-state index in [2.05, 4.69) is 0 Å². The average Bonchev–Trinajstić information content (AvgIpc) is 2.72. The molecule has 0 saturated carbocycles. The van der Waals surface area contributed by atoms with E-state index in [1.807, 2.05) is 24.3 Å². The largest absolute Gasteiger partial charge is 0.504 e. The van der Waals surface area contributed by atoms with E-state index in [9.17, 15) is 14.3 Å². The lowest BCUT2D eigenvalue weighted by atomic mass is 10.0. The molecular formula is C24H21FO4. The van der Waals surface area contributed by atoms with Crippen LogP contribution in [0.5, 0.6) is 17.2 Å². The number of hydrogen-bond donors (Lipinski definition) is 1. The molecule has 5 heteroatoms. The van der Waals surface area contributed by atoms with Crippen molar-refractivity contribution in [1.82, 2.24) is 0 Å². The number of allylic oxidation sites excluding steroid dienone is 1. The third-order valence-electron chi connectivity index (χ3n) is 4.34. The molecule has 29 heavy (non-hydrogen) atoms. The number of carbonyl (C=O) groups excluding carboxylic acids is 1. The Morgan fingerprint density at radius 2 is 1.83 bits per heavy atom. The highest BCUT2D eigenvalue weighted by molar-refractivity contribution is 5.95. The van der Waals surface area contributed by atoms with Crippen LogP contribution >= 0.6 is 0 Å². The molecule has 0 heterocycles. The van der Waals surface area contributed by atoms with Gasteiger partial charge in [0.25, 0.3) is 0 Å². The van der Waals surface area contributed by atoms with Crippen molar-refractivity contribution >= 4 is 11.9 Å². The average molecular weight is 392 g/mol. The fraction of sp³-hybridized carbons (Fsp3) is 0.125. The summed E-state index contributed by atoms with van der Waals surface area (Å²) in [6.07, 6.45) is 3.33. The minimum absolute atomic E-state index is 0.0157. The molecule has 3 aromatic carbocycles. The van der Waals surface area contributed by atoms with Gasteiger partial charge in [-0.05, 0) is 47.0 Å². The van der Waals surface area contributed by atoms with Crippen molar-refractivity contribution in [2.75, 3.05) is 7.11 Å². The number of phenols is 1. The zero-order valence-electron chi connectivity index (χ0n) is 16.0. The second-order valence-electron chi connectivity index (χ2n) is 6.42. The summed E-state index contributed by atoms with van der Waals surface area (Å²) < 4.78 is 23.9. The number of benzene rings is 3. The van der Waals surface area contributed by atoms with Crippen molar-refractivity contribution in [2.24, 2.45) is 0 Å². The molecule has 3 aromatic rings. The van der Waals surface area contributed by atoms with Crippen LogP contribution in [0.15, 0.2) is 72.8 Å². The van der Waals surface area contributed by atoms with Crippen molar-refractivity contribution < 1.29 is 23.8 Å². The second-order valence-corrected chi connectivity index (χ2v) is 6.42. The van der Waals surface area contributed by atoms with Gasteiger partial charge >= 0.3 is 0 Å². The maximum Gasteiger partial charge on any atom is 0.160 e. The summed E-state index contributed by atoms with van der Waals surface area (Å²) in [6, 6.07) is 18.3. The summed E-state index contributed by atoms with van der Waals surface area (Å²) in [7, 11) is 1.48. The molecule has 0 aliphatic heterocycles. The molecule has 0 bridgehead atoms. The Bertz CT molecular complexity index is 1030. The number of ether oxygens (including phenoxy) is 2. The Kier molecular flexibility index (Phi) is 6.63. The zero-order chi connectivity index (χ0) is 20.6. The summed E-state index contributed by atoms with van der Waals surface area (Å²) in [6.45, 7) is 0.239. The van der Waals surface area contributed by atoms with Gasteiger partial charge in [-0.25, -0.2) is 4.39 Å². The number of phenolic OH excluding ortho intramolecular Hbond substituents is 1. The Hall–Kier alpha value is -3.60. The Morgan fingerprint density at radius 1 is 1.03 bits per heavy atom. The summed E-state index contributed by atoms with van der Waals surface area (Å²) in [5.41, 5.74) is 2.40. The topological polar surface area (TPSA) is 55.8 Å². The molecular weight excluding hydrogens is 371 g/mol. The van der Waals surface area contributed by atoms with Crippen molar-refractivity contribution in [1.29, 1.82) is 0 Å². The minimum atomic E-state index is -0.360. The van der Waals surface area contributed by atoms with Crippen LogP contribution in [0.3, 0.4) is 0 Å². The van der Waals surface area contributed by atoms with Gasteiger partial charge in [0.05, 0.1) is 7.11 Å². The first kappa shape index (κ1) is 20.1. The summed E-state index contributed by atoms with van der Waals surface area (Å²) in [5.74, 6) is 0.382. The van der Waals surface area contributed by atoms with Crippen LogP contribution in [0, 0.1) is 5.82 Å². The lowest BCUT2D eigenvalue weighted by Crippen LogP contribution is -2.05. The van der Waals surface area contributed by atoms with Gasteiger partial charge in [-0.2, -0.15) is 0 Å². The van der Waals surface area contributed by atoms with Gasteiger partial charge in [0.2, 0.25) is 0 Å². The van der Waals surface area contributed by atoms with E-state index in [4.69, 9.17) is 9.47 Å². The standard InChI is InChI=1S/C24H21FO4/c1-28-24-12-10-17(13-23(24)27)9-11-21(26)14-18-5-2-3-6-19(18)16-29-22-8-4-7-20(25)15-22/h2-13,15,27H,14,16H2,1H3/b11-9+. The SMILES string of the molecule is COc1ccc(/C=C/C(=O)Cc2ccccc2COc2cccc(F)c2)cc1O. The molecule has 0 saturated heterocycles. The molecule has 0 aliphatic carbocycles. The number of rotatable bonds is 8. The smallest absolute Gasteiger partial charge is 0.160 e. The van der Waals surface area contributed by atoms with Gasteiger partial charge < -0.3 is 14.6 Å². The maximum absolute atomic E-state index is 13.3. The van der Waals surface area contributed by atoms with E-state index in [0.717, 1.165) is 11.1 Å². The summed E-state index contributed by atoms with van der Waals surface area (Å²) >= 11 is 0. The van der Waals surface area contributed by atoms with Crippen LogP contribution in [0.4, 0.5) is 4.39 Å². The second kappa shape index (κ2) is 9.55.